The lowest BCUT2D eigenvalue weighted by atomic mass is 10.0. The van der Waals surface area contributed by atoms with Crippen LogP contribution in [0.1, 0.15) is 11.1 Å². The zero-order chi connectivity index (χ0) is 22.7. The molecule has 1 aliphatic rings. The molecule has 0 unspecified atom stereocenters. The van der Waals surface area contributed by atoms with Gasteiger partial charge in [-0.1, -0.05) is 42.5 Å². The van der Waals surface area contributed by atoms with Crippen molar-refractivity contribution in [2.45, 2.75) is 6.54 Å². The average Bonchev–Trinajstić information content (AvgIpc) is 3.09. The number of carbonyl (C=O) groups is 2. The fraction of sp³-hybridized carbons (Fsp3) is 0.154. The second-order valence-electron chi connectivity index (χ2n) is 7.44. The number of likely N-dealkylation sites (N-methyl/N-ethyl adjacent to an activating group) is 1. The molecule has 3 aromatic carbocycles. The molecule has 0 aromatic heterocycles. The van der Waals surface area contributed by atoms with Crippen molar-refractivity contribution in [3.63, 3.8) is 0 Å². The lowest BCUT2D eigenvalue weighted by Gasteiger charge is -2.21. The van der Waals surface area contributed by atoms with Crippen LogP contribution in [0.15, 0.2) is 84.6 Å². The van der Waals surface area contributed by atoms with Crippen molar-refractivity contribution in [3.8, 4) is 11.5 Å². The number of ether oxygens (including phenoxy) is 2. The number of rotatable bonds is 7. The summed E-state index contributed by atoms with van der Waals surface area (Å²) in [5.74, 6) is 0.611. The largest absolute Gasteiger partial charge is 0.497 e. The Morgan fingerprint density at radius 2 is 1.31 bits per heavy atom. The third-order valence-electron chi connectivity index (χ3n) is 5.41. The molecule has 0 saturated heterocycles. The maximum atomic E-state index is 13.6. The highest BCUT2D eigenvalue weighted by Gasteiger charge is 2.41. The predicted molar refractivity (Wildman–Crippen MR) is 123 cm³/mol. The third-order valence-corrected chi connectivity index (χ3v) is 5.41. The number of hydrogen-bond acceptors (Lipinski definition) is 5. The van der Waals surface area contributed by atoms with E-state index in [4.69, 9.17) is 9.47 Å². The van der Waals surface area contributed by atoms with Crippen LogP contribution in [0.5, 0.6) is 11.5 Å². The van der Waals surface area contributed by atoms with Gasteiger partial charge in [0, 0.05) is 13.6 Å². The first-order valence-corrected chi connectivity index (χ1v) is 10.2. The van der Waals surface area contributed by atoms with Gasteiger partial charge >= 0.3 is 0 Å². The summed E-state index contributed by atoms with van der Waals surface area (Å²) in [5.41, 5.74) is 2.93. The van der Waals surface area contributed by atoms with Crippen molar-refractivity contribution in [2.75, 3.05) is 26.2 Å². The molecule has 1 heterocycles. The molecule has 0 saturated carbocycles. The van der Waals surface area contributed by atoms with Crippen LogP contribution in [0.25, 0.3) is 5.57 Å². The number of amides is 2. The van der Waals surface area contributed by atoms with E-state index in [1.165, 1.54) is 4.90 Å². The van der Waals surface area contributed by atoms with Gasteiger partial charge in [0.25, 0.3) is 11.8 Å². The van der Waals surface area contributed by atoms with Gasteiger partial charge in [-0.25, -0.2) is 4.90 Å². The highest BCUT2D eigenvalue weighted by atomic mass is 16.5. The molecular formula is C26H24N2O4. The van der Waals surface area contributed by atoms with Gasteiger partial charge in [0.2, 0.25) is 0 Å². The van der Waals surface area contributed by atoms with E-state index in [-0.39, 0.29) is 11.8 Å². The van der Waals surface area contributed by atoms with Crippen LogP contribution in [0.4, 0.5) is 5.69 Å². The second kappa shape index (κ2) is 8.98. The van der Waals surface area contributed by atoms with Gasteiger partial charge in [0.15, 0.2) is 0 Å². The van der Waals surface area contributed by atoms with Gasteiger partial charge in [0.1, 0.15) is 17.2 Å². The summed E-state index contributed by atoms with van der Waals surface area (Å²) in [6, 6.07) is 23.9. The fourth-order valence-corrected chi connectivity index (χ4v) is 3.79. The van der Waals surface area contributed by atoms with Crippen LogP contribution in [-0.4, -0.2) is 38.0 Å². The highest BCUT2D eigenvalue weighted by molar-refractivity contribution is 6.45. The van der Waals surface area contributed by atoms with Crippen LogP contribution in [0.3, 0.4) is 0 Å². The van der Waals surface area contributed by atoms with Crippen molar-refractivity contribution >= 4 is 23.1 Å². The number of carbonyl (C=O) groups excluding carboxylic acids is 2. The summed E-state index contributed by atoms with van der Waals surface area (Å²) in [5, 5.41) is 0. The van der Waals surface area contributed by atoms with E-state index >= 15 is 0 Å². The van der Waals surface area contributed by atoms with Gasteiger partial charge in [-0.05, 0) is 47.5 Å². The summed E-state index contributed by atoms with van der Waals surface area (Å²) in [6.07, 6.45) is 0. The zero-order valence-electron chi connectivity index (χ0n) is 18.2. The Hall–Kier alpha value is -4.06. The van der Waals surface area contributed by atoms with Gasteiger partial charge in [-0.2, -0.15) is 0 Å². The van der Waals surface area contributed by atoms with Crippen LogP contribution in [-0.2, 0) is 16.1 Å². The number of benzene rings is 3. The molecule has 0 fully saturated rings. The monoisotopic (exact) mass is 428 g/mol. The summed E-state index contributed by atoms with van der Waals surface area (Å²) < 4.78 is 10.4. The molecule has 1 aliphatic heterocycles. The summed E-state index contributed by atoms with van der Waals surface area (Å²) >= 11 is 0. The average molecular weight is 428 g/mol. The Kier molecular flexibility index (Phi) is 5.94. The Morgan fingerprint density at radius 1 is 0.750 bits per heavy atom. The first kappa shape index (κ1) is 21.2. The van der Waals surface area contributed by atoms with Gasteiger partial charge < -0.3 is 14.4 Å². The van der Waals surface area contributed by atoms with E-state index in [1.807, 2.05) is 42.3 Å². The number of nitrogens with zero attached hydrogens (tertiary/aromatic N) is 2. The first-order chi connectivity index (χ1) is 15.5. The van der Waals surface area contributed by atoms with Gasteiger partial charge in [0.05, 0.1) is 25.5 Å². The van der Waals surface area contributed by atoms with Crippen LogP contribution < -0.4 is 14.4 Å². The van der Waals surface area contributed by atoms with E-state index in [9.17, 15) is 9.59 Å². The molecule has 6 nitrogen and oxygen atoms in total. The van der Waals surface area contributed by atoms with E-state index < -0.39 is 0 Å². The van der Waals surface area contributed by atoms with E-state index in [1.54, 1.807) is 62.8 Å². The van der Waals surface area contributed by atoms with E-state index in [2.05, 4.69) is 0 Å². The molecule has 0 aliphatic carbocycles. The normalized spacial score (nSPS) is 13.5. The zero-order valence-corrected chi connectivity index (χ0v) is 18.2. The molecule has 0 spiro atoms. The standard InChI is InChI=1S/C26H24N2O4/c1-27(17-18-7-5-4-6-8-18)24-23(19-9-13-21(31-2)14-10-19)25(29)28(26(24)30)20-11-15-22(32-3)16-12-20/h4-16H,17H2,1-3H3. The minimum Gasteiger partial charge on any atom is -0.497 e. The molecule has 0 radical (unpaired) electrons. The van der Waals surface area contributed by atoms with Gasteiger partial charge in [-0.3, -0.25) is 9.59 Å². The number of imide groups is 1. The minimum absolute atomic E-state index is 0.357. The second-order valence-corrected chi connectivity index (χ2v) is 7.44. The SMILES string of the molecule is COc1ccc(C2=C(N(C)Cc3ccccc3)C(=O)N(c3ccc(OC)cc3)C2=O)cc1. The Labute approximate surface area is 187 Å². The summed E-state index contributed by atoms with van der Waals surface area (Å²) in [7, 11) is 4.98. The molecule has 0 N–H and O–H groups in total. The molecule has 4 rings (SSSR count). The van der Waals surface area contributed by atoms with E-state index in [0.29, 0.717) is 40.6 Å². The molecule has 3 aromatic rings. The quantitative estimate of drug-likeness (QED) is 0.530. The van der Waals surface area contributed by atoms with Gasteiger partial charge in [-0.15, -0.1) is 0 Å². The molecule has 6 heteroatoms. The van der Waals surface area contributed by atoms with Crippen molar-refractivity contribution in [1.82, 2.24) is 4.90 Å². The van der Waals surface area contributed by atoms with Crippen molar-refractivity contribution < 1.29 is 19.1 Å². The Balaban J connectivity index is 1.77. The Bertz CT molecular complexity index is 1150. The van der Waals surface area contributed by atoms with Crippen molar-refractivity contribution in [1.29, 1.82) is 0 Å². The summed E-state index contributed by atoms with van der Waals surface area (Å²) in [6.45, 7) is 0.491. The molecule has 0 atom stereocenters. The fourth-order valence-electron chi connectivity index (χ4n) is 3.79. The van der Waals surface area contributed by atoms with E-state index in [0.717, 1.165) is 5.56 Å². The van der Waals surface area contributed by atoms with Crippen molar-refractivity contribution in [3.05, 3.63) is 95.7 Å². The predicted octanol–water partition coefficient (Wildman–Crippen LogP) is 4.12. The number of anilines is 1. The maximum Gasteiger partial charge on any atom is 0.282 e. The molecule has 32 heavy (non-hydrogen) atoms. The first-order valence-electron chi connectivity index (χ1n) is 10.2. The summed E-state index contributed by atoms with van der Waals surface area (Å²) in [4.78, 5) is 30.2. The molecule has 2 amide bonds. The Morgan fingerprint density at radius 3 is 1.88 bits per heavy atom. The topological polar surface area (TPSA) is 59.1 Å². The molecular weight excluding hydrogens is 404 g/mol. The number of methoxy groups -OCH3 is 2. The number of hydrogen-bond donors (Lipinski definition) is 0. The lowest BCUT2D eigenvalue weighted by Crippen LogP contribution is -2.34. The highest BCUT2D eigenvalue weighted by Crippen LogP contribution is 2.35. The third kappa shape index (κ3) is 3.95. The maximum absolute atomic E-state index is 13.6. The lowest BCUT2D eigenvalue weighted by molar-refractivity contribution is -0.120. The molecule has 162 valence electrons. The molecule has 0 bridgehead atoms. The van der Waals surface area contributed by atoms with Crippen LogP contribution in [0.2, 0.25) is 0 Å². The minimum atomic E-state index is -0.361. The van der Waals surface area contributed by atoms with Crippen molar-refractivity contribution in [2.24, 2.45) is 0 Å². The van der Waals surface area contributed by atoms with Crippen LogP contribution in [0, 0.1) is 0 Å². The van der Waals surface area contributed by atoms with Crippen LogP contribution >= 0.6 is 0 Å². The smallest absolute Gasteiger partial charge is 0.282 e.